The molecule has 2 aromatic rings. The first-order valence-electron chi connectivity index (χ1n) is 13.4. The minimum atomic E-state index is -3.67. The zero-order valence-electron chi connectivity index (χ0n) is 23.9. The van der Waals surface area contributed by atoms with E-state index in [0.717, 1.165) is 11.8 Å². The van der Waals surface area contributed by atoms with E-state index in [1.807, 2.05) is 30.3 Å². The standard InChI is InChI=1S/C28H40N2O7SSi/c1-8-35-27(32)23-22-21(37-39(6,7)28(2,3)4)15-14-20(31)24(22)29-25(23)26-19(17-36-38(5,33)34)30(26)16-18-12-10-9-11-13-18/h9-13,19,21,26,29H,8,14-17H2,1-7H3/t19-,21?,26-,30?/m0/s1. The van der Waals surface area contributed by atoms with E-state index in [4.69, 9.17) is 13.3 Å². The Morgan fingerprint density at radius 1 is 1.18 bits per heavy atom. The number of hydrogen-bond acceptors (Lipinski definition) is 8. The van der Waals surface area contributed by atoms with Gasteiger partial charge in [-0.05, 0) is 37.0 Å². The molecule has 1 fully saturated rings. The van der Waals surface area contributed by atoms with Gasteiger partial charge in [0, 0.05) is 24.2 Å². The van der Waals surface area contributed by atoms with Crippen molar-refractivity contribution in [1.29, 1.82) is 0 Å². The summed E-state index contributed by atoms with van der Waals surface area (Å²) in [4.78, 5) is 32.0. The van der Waals surface area contributed by atoms with Gasteiger partial charge in [0.05, 0.1) is 48.9 Å². The smallest absolute Gasteiger partial charge is 0.340 e. The maximum Gasteiger partial charge on any atom is 0.340 e. The fourth-order valence-electron chi connectivity index (χ4n) is 4.98. The third-order valence-corrected chi connectivity index (χ3v) is 13.1. The highest BCUT2D eigenvalue weighted by Gasteiger charge is 2.53. The number of Topliss-reactive ketones (excluding diaryl/α,β-unsaturated/α-hetero) is 1. The third-order valence-electron chi connectivity index (χ3n) is 8.04. The predicted octanol–water partition coefficient (Wildman–Crippen LogP) is 5.13. The first kappa shape index (κ1) is 29.7. The molecule has 39 heavy (non-hydrogen) atoms. The number of aromatic amines is 1. The zero-order chi connectivity index (χ0) is 28.8. The van der Waals surface area contributed by atoms with Gasteiger partial charge < -0.3 is 14.1 Å². The van der Waals surface area contributed by atoms with Crippen molar-refractivity contribution in [2.24, 2.45) is 0 Å². The number of benzene rings is 1. The number of esters is 1. The lowest BCUT2D eigenvalue weighted by atomic mass is 9.90. The number of nitrogens with zero attached hydrogens (tertiary/aromatic N) is 1. The molecule has 1 aliphatic heterocycles. The second kappa shape index (κ2) is 10.9. The molecule has 1 aromatic carbocycles. The first-order valence-corrected chi connectivity index (χ1v) is 18.1. The molecule has 1 aliphatic carbocycles. The summed E-state index contributed by atoms with van der Waals surface area (Å²) >= 11 is 0. The molecule has 1 aromatic heterocycles. The number of H-pyrrole nitrogens is 1. The van der Waals surface area contributed by atoms with Gasteiger partial charge in [-0.3, -0.25) is 13.9 Å². The van der Waals surface area contributed by atoms with Gasteiger partial charge >= 0.3 is 5.97 Å². The Hall–Kier alpha value is -2.31. The summed E-state index contributed by atoms with van der Waals surface area (Å²) < 4.78 is 41.1. The highest BCUT2D eigenvalue weighted by atomic mass is 32.2. The molecule has 0 bridgehead atoms. The lowest BCUT2D eigenvalue weighted by Crippen LogP contribution is -2.42. The minimum absolute atomic E-state index is 0.0606. The van der Waals surface area contributed by atoms with Crippen molar-refractivity contribution < 1.29 is 31.4 Å². The lowest BCUT2D eigenvalue weighted by molar-refractivity contribution is 0.0517. The summed E-state index contributed by atoms with van der Waals surface area (Å²) in [5.41, 5.74) is 2.87. The van der Waals surface area contributed by atoms with Crippen molar-refractivity contribution in [3.63, 3.8) is 0 Å². The molecule has 11 heteroatoms. The Labute approximate surface area is 232 Å². The van der Waals surface area contributed by atoms with Gasteiger partial charge in [-0.15, -0.1) is 0 Å². The van der Waals surface area contributed by atoms with Crippen LogP contribution in [0.4, 0.5) is 0 Å². The fourth-order valence-corrected chi connectivity index (χ4v) is 6.67. The maximum absolute atomic E-state index is 13.5. The number of ketones is 1. The quantitative estimate of drug-likeness (QED) is 0.179. The van der Waals surface area contributed by atoms with Crippen molar-refractivity contribution >= 4 is 30.2 Å². The van der Waals surface area contributed by atoms with Gasteiger partial charge in [0.25, 0.3) is 10.1 Å². The zero-order valence-corrected chi connectivity index (χ0v) is 25.7. The van der Waals surface area contributed by atoms with E-state index in [-0.39, 0.29) is 36.1 Å². The summed E-state index contributed by atoms with van der Waals surface area (Å²) in [6.07, 6.45) is 1.40. The summed E-state index contributed by atoms with van der Waals surface area (Å²) in [5, 5.41) is -0.0606. The molecule has 1 N–H and O–H groups in total. The van der Waals surface area contributed by atoms with Crippen LogP contribution in [0.2, 0.25) is 18.1 Å². The molecule has 0 radical (unpaired) electrons. The number of rotatable bonds is 10. The molecule has 2 aliphatic rings. The van der Waals surface area contributed by atoms with Crippen LogP contribution in [0.25, 0.3) is 0 Å². The predicted molar refractivity (Wildman–Crippen MR) is 151 cm³/mol. The van der Waals surface area contributed by atoms with Gasteiger partial charge in [0.15, 0.2) is 14.1 Å². The van der Waals surface area contributed by atoms with E-state index in [1.54, 1.807) is 6.92 Å². The summed E-state index contributed by atoms with van der Waals surface area (Å²) in [5.74, 6) is -0.589. The molecule has 4 atom stereocenters. The summed E-state index contributed by atoms with van der Waals surface area (Å²) in [6.45, 7) is 13.1. The second-order valence-corrected chi connectivity index (χ2v) is 18.3. The van der Waals surface area contributed by atoms with Crippen LogP contribution in [0.1, 0.15) is 90.3 Å². The van der Waals surface area contributed by atoms with Crippen molar-refractivity contribution in [1.82, 2.24) is 9.88 Å². The molecule has 2 heterocycles. The number of nitrogens with one attached hydrogen (secondary N) is 1. The Kier molecular flexibility index (Phi) is 8.31. The van der Waals surface area contributed by atoms with E-state index in [0.29, 0.717) is 41.9 Å². The number of carbonyl (C=O) groups excluding carboxylic acids is 2. The Bertz CT molecular complexity index is 1330. The van der Waals surface area contributed by atoms with Crippen LogP contribution in [-0.4, -0.2) is 63.9 Å². The van der Waals surface area contributed by atoms with Gasteiger partial charge in [0.1, 0.15) is 0 Å². The van der Waals surface area contributed by atoms with Crippen LogP contribution in [0.15, 0.2) is 30.3 Å². The SMILES string of the molecule is CCOC(=O)c1c([C@@H]2[C@H](COS(C)(=O)=O)N2Cc2ccccc2)[nH]c2c1C(O[Si](C)(C)C(C)(C)C)CCC2=O. The fraction of sp³-hybridized carbons (Fsp3) is 0.571. The van der Waals surface area contributed by atoms with E-state index in [2.05, 4.69) is 43.7 Å². The number of carbonyl (C=O) groups is 2. The Morgan fingerprint density at radius 3 is 2.44 bits per heavy atom. The number of ether oxygens (including phenoxy) is 1. The van der Waals surface area contributed by atoms with Crippen molar-refractivity contribution in [2.45, 2.75) is 83.4 Å². The molecule has 0 amide bonds. The highest BCUT2D eigenvalue weighted by molar-refractivity contribution is 7.85. The molecule has 9 nitrogen and oxygen atoms in total. The van der Waals surface area contributed by atoms with Crippen LogP contribution >= 0.6 is 0 Å². The van der Waals surface area contributed by atoms with E-state index < -0.39 is 30.5 Å². The number of hydrogen-bond donors (Lipinski definition) is 1. The first-order chi connectivity index (χ1) is 18.1. The molecule has 0 saturated carbocycles. The second-order valence-electron chi connectivity index (χ2n) is 11.9. The molecule has 2 unspecified atom stereocenters. The largest absolute Gasteiger partial charge is 0.462 e. The van der Waals surface area contributed by atoms with Crippen LogP contribution < -0.4 is 0 Å². The van der Waals surface area contributed by atoms with Gasteiger partial charge in [-0.1, -0.05) is 51.1 Å². The van der Waals surface area contributed by atoms with Crippen molar-refractivity contribution in [3.05, 3.63) is 58.4 Å². The molecule has 4 rings (SSSR count). The average molecular weight is 577 g/mol. The lowest BCUT2D eigenvalue weighted by Gasteiger charge is -2.40. The molecular weight excluding hydrogens is 536 g/mol. The van der Waals surface area contributed by atoms with E-state index in [1.165, 1.54) is 0 Å². The number of aromatic nitrogens is 1. The summed E-state index contributed by atoms with van der Waals surface area (Å²) in [7, 11) is -5.92. The third kappa shape index (κ3) is 6.38. The van der Waals surface area contributed by atoms with Gasteiger partial charge in [0.2, 0.25) is 0 Å². The molecule has 1 saturated heterocycles. The molecular formula is C28H40N2O7SSi. The van der Waals surface area contributed by atoms with E-state index >= 15 is 0 Å². The Morgan fingerprint density at radius 2 is 1.85 bits per heavy atom. The van der Waals surface area contributed by atoms with Gasteiger partial charge in [-0.25, -0.2) is 4.79 Å². The average Bonchev–Trinajstić information content (AvgIpc) is 3.34. The molecule has 0 spiro atoms. The summed E-state index contributed by atoms with van der Waals surface area (Å²) in [6, 6.07) is 9.11. The van der Waals surface area contributed by atoms with Crippen LogP contribution in [0.3, 0.4) is 0 Å². The maximum atomic E-state index is 13.5. The van der Waals surface area contributed by atoms with Gasteiger partial charge in [-0.2, -0.15) is 8.42 Å². The molecule has 214 valence electrons. The topological polar surface area (TPSA) is 115 Å². The van der Waals surface area contributed by atoms with Crippen LogP contribution in [0.5, 0.6) is 0 Å². The van der Waals surface area contributed by atoms with Crippen molar-refractivity contribution in [3.8, 4) is 0 Å². The highest BCUT2D eigenvalue weighted by Crippen LogP contribution is 2.50. The van der Waals surface area contributed by atoms with E-state index in [9.17, 15) is 18.0 Å². The monoisotopic (exact) mass is 576 g/mol. The van der Waals surface area contributed by atoms with Crippen LogP contribution in [0, 0.1) is 0 Å². The normalized spacial score (nSPS) is 23.4. The minimum Gasteiger partial charge on any atom is -0.462 e. The van der Waals surface area contributed by atoms with Crippen LogP contribution in [-0.2, 0) is 30.0 Å². The Balaban J connectivity index is 1.79. The van der Waals surface area contributed by atoms with Crippen molar-refractivity contribution in [2.75, 3.05) is 19.5 Å². The number of fused-ring (bicyclic) bond motifs is 1.